The van der Waals surface area contributed by atoms with Crippen molar-refractivity contribution in [1.29, 1.82) is 0 Å². The van der Waals surface area contributed by atoms with Gasteiger partial charge in [-0.05, 0) is 0 Å². The second-order valence-electron chi connectivity index (χ2n) is 7.72. The zero-order valence-corrected chi connectivity index (χ0v) is 20.0. The maximum Gasteiger partial charge on any atom is 0.491 e. The first-order valence-corrected chi connectivity index (χ1v) is 12.4. The van der Waals surface area contributed by atoms with E-state index in [1.54, 1.807) is 0 Å². The average molecular weight is 695 g/mol. The minimum atomic E-state index is -8.43. The quantitative estimate of drug-likeness (QED) is 0.152. The molecular formula is C17H2F19O4S2-. The maximum atomic E-state index is 15.0. The Morgan fingerprint density at radius 3 is 1.10 bits per heavy atom. The van der Waals surface area contributed by atoms with Crippen LogP contribution in [0.5, 0.6) is 0 Å². The summed E-state index contributed by atoms with van der Waals surface area (Å²) in [7, 11) is -16.7. The van der Waals surface area contributed by atoms with Crippen LogP contribution in [0.15, 0.2) is 0 Å². The zero-order chi connectivity index (χ0) is 33.6. The number of rotatable bonds is 5. The largest absolute Gasteiger partial charge is 0.491 e. The number of hydrogen-bond donors (Lipinski definition) is 0. The predicted octanol–water partition coefficient (Wildman–Crippen LogP) is 6.67. The van der Waals surface area contributed by atoms with Crippen LogP contribution in [0.2, 0.25) is 0 Å². The lowest BCUT2D eigenvalue weighted by atomic mass is 9.88. The Hall–Kier alpha value is -2.86. The van der Waals surface area contributed by atoms with Gasteiger partial charge in [-0.15, -0.1) is 0 Å². The molecule has 0 fully saturated rings. The fourth-order valence-corrected chi connectivity index (χ4v) is 7.44. The van der Waals surface area contributed by atoms with Gasteiger partial charge in [-0.3, -0.25) is 8.78 Å². The van der Waals surface area contributed by atoms with Gasteiger partial charge < -0.3 is 0 Å². The van der Waals surface area contributed by atoms with Crippen LogP contribution in [0.1, 0.15) is 5.56 Å². The molecule has 25 heteroatoms. The summed E-state index contributed by atoms with van der Waals surface area (Å²) in [6, 6.07) is 0. The number of benzene rings is 2. The van der Waals surface area contributed by atoms with Gasteiger partial charge in [-0.2, -0.15) is 52.7 Å². The Morgan fingerprint density at radius 2 is 0.786 bits per heavy atom. The number of hydrogen-bond acceptors (Lipinski definition) is 4. The molecule has 0 saturated carbocycles. The smallest absolute Gasteiger partial charge is 0.283 e. The molecule has 0 unspecified atom stereocenters. The van der Waals surface area contributed by atoms with Crippen molar-refractivity contribution in [3.8, 4) is 0 Å². The Bertz CT molecular complexity index is 1610. The standard InChI is InChI=1S/C17H2F19O4S2/c18-5-2-3(8(21)11(24)10(23)7(2)20)6(19)9(22)4(5)12(42(39,40)17(34,35)36)41(37,38)1-13(14(25,26)27,15(28,29)30)16(31,32)33/h1H2/q-1. The summed E-state index contributed by atoms with van der Waals surface area (Å²) in [5.41, 5.74) is -19.0. The molecule has 0 aromatic heterocycles. The lowest BCUT2D eigenvalue weighted by molar-refractivity contribution is -0.418. The van der Waals surface area contributed by atoms with E-state index in [4.69, 9.17) is 0 Å². The van der Waals surface area contributed by atoms with Gasteiger partial charge in [-0.1, -0.05) is 5.56 Å². The second-order valence-corrected chi connectivity index (χ2v) is 11.8. The van der Waals surface area contributed by atoms with E-state index in [1.165, 1.54) is 0 Å². The summed E-state index contributed by atoms with van der Waals surface area (Å²) in [5.74, 6) is -28.9. The first kappa shape index (κ1) is 35.3. The average Bonchev–Trinajstić information content (AvgIpc) is 2.76. The normalized spacial score (nSPS) is 14.5. The van der Waals surface area contributed by atoms with Crippen LogP contribution in [0.25, 0.3) is 10.8 Å². The highest BCUT2D eigenvalue weighted by molar-refractivity contribution is 8.13. The van der Waals surface area contributed by atoms with Crippen LogP contribution in [0, 0.1) is 50.7 Å². The van der Waals surface area contributed by atoms with E-state index < -0.39 is 117 Å². The summed E-state index contributed by atoms with van der Waals surface area (Å²) in [5, 5.41) is -5.82. The molecule has 4 nitrogen and oxygen atoms in total. The second kappa shape index (κ2) is 9.83. The fraction of sp³-hybridized carbons (Fsp3) is 0.353. The van der Waals surface area contributed by atoms with E-state index in [0.717, 1.165) is 0 Å². The molecule has 2 rings (SSSR count). The maximum absolute atomic E-state index is 15.0. The van der Waals surface area contributed by atoms with Crippen molar-refractivity contribution in [2.24, 2.45) is 5.41 Å². The topological polar surface area (TPSA) is 68.3 Å². The van der Waals surface area contributed by atoms with E-state index in [9.17, 15) is 95.9 Å². The van der Waals surface area contributed by atoms with Crippen molar-refractivity contribution in [1.82, 2.24) is 0 Å². The summed E-state index contributed by atoms with van der Waals surface area (Å²) >= 11 is 0. The van der Waals surface area contributed by atoms with Gasteiger partial charge in [0, 0.05) is 16.6 Å². The molecule has 240 valence electrons. The molecule has 0 aliphatic heterocycles. The van der Waals surface area contributed by atoms with Crippen LogP contribution < -0.4 is 0 Å². The first-order valence-electron chi connectivity index (χ1n) is 9.26. The van der Waals surface area contributed by atoms with Gasteiger partial charge in [0.05, 0.1) is 16.2 Å². The van der Waals surface area contributed by atoms with Crippen LogP contribution in [-0.4, -0.2) is 46.6 Å². The highest BCUT2D eigenvalue weighted by Crippen LogP contribution is 2.61. The highest BCUT2D eigenvalue weighted by atomic mass is 32.3. The zero-order valence-electron chi connectivity index (χ0n) is 18.3. The van der Waals surface area contributed by atoms with Crippen molar-refractivity contribution >= 4 is 30.4 Å². The van der Waals surface area contributed by atoms with Gasteiger partial charge in [-0.25, -0.2) is 38.8 Å². The summed E-state index contributed by atoms with van der Waals surface area (Å²) in [6.07, 6.45) is -23.9. The molecule has 0 aliphatic rings. The molecule has 0 N–H and O–H groups in total. The molecule has 0 atom stereocenters. The molecule has 2 aromatic rings. The van der Waals surface area contributed by atoms with Crippen LogP contribution >= 0.6 is 0 Å². The molecule has 0 saturated heterocycles. The Labute approximate surface area is 217 Å². The molecule has 0 amide bonds. The van der Waals surface area contributed by atoms with E-state index in [2.05, 4.69) is 0 Å². The SMILES string of the molecule is O=S(=O)(CC(C(F)(F)F)(C(F)(F)F)C(F)(F)F)[C-](c1c(F)c(F)c2c(F)c(F)c(F)c(F)c2c1F)S(=O)(=O)C(F)(F)F. The monoisotopic (exact) mass is 695 g/mol. The Balaban J connectivity index is 3.30. The first-order chi connectivity index (χ1) is 18.3. The minimum Gasteiger partial charge on any atom is -0.283 e. The number of alkyl halides is 12. The Morgan fingerprint density at radius 1 is 0.476 bits per heavy atom. The molecule has 2 aromatic carbocycles. The number of fused-ring (bicyclic) bond motifs is 1. The van der Waals surface area contributed by atoms with Gasteiger partial charge in [0.2, 0.25) is 9.84 Å². The van der Waals surface area contributed by atoms with Crippen LogP contribution in [-0.2, 0) is 19.7 Å². The molecule has 0 bridgehead atoms. The lowest BCUT2D eigenvalue weighted by Crippen LogP contribution is -2.63. The van der Waals surface area contributed by atoms with Crippen molar-refractivity contribution in [2.45, 2.75) is 24.0 Å². The molecule has 0 radical (unpaired) electrons. The third-order valence-electron chi connectivity index (χ3n) is 5.23. The number of halogens is 19. The Kier molecular flexibility index (Phi) is 8.27. The summed E-state index contributed by atoms with van der Waals surface area (Å²) < 4.78 is 302. The van der Waals surface area contributed by atoms with E-state index >= 15 is 4.39 Å². The summed E-state index contributed by atoms with van der Waals surface area (Å²) in [4.78, 5) is 0. The van der Waals surface area contributed by atoms with Gasteiger partial charge in [0.1, 0.15) is 15.7 Å². The third-order valence-corrected chi connectivity index (χ3v) is 9.54. The van der Waals surface area contributed by atoms with Gasteiger partial charge >= 0.3 is 24.0 Å². The fourth-order valence-electron chi connectivity index (χ4n) is 3.30. The molecule has 0 spiro atoms. The van der Waals surface area contributed by atoms with Crippen molar-refractivity contribution in [3.05, 3.63) is 50.9 Å². The van der Waals surface area contributed by atoms with Crippen LogP contribution in [0.3, 0.4) is 0 Å². The molecule has 0 aliphatic carbocycles. The third kappa shape index (κ3) is 4.94. The van der Waals surface area contributed by atoms with Gasteiger partial charge in [0.25, 0.3) is 5.41 Å². The number of sulfone groups is 2. The van der Waals surface area contributed by atoms with E-state index in [1.807, 2.05) is 0 Å². The van der Waals surface area contributed by atoms with Crippen molar-refractivity contribution < 1.29 is 100 Å². The molecular weight excluding hydrogens is 693 g/mol. The highest BCUT2D eigenvalue weighted by Gasteiger charge is 2.84. The van der Waals surface area contributed by atoms with Crippen molar-refractivity contribution in [3.63, 3.8) is 0 Å². The molecule has 42 heavy (non-hydrogen) atoms. The van der Waals surface area contributed by atoms with Crippen molar-refractivity contribution in [2.75, 3.05) is 5.75 Å². The molecule has 0 heterocycles. The van der Waals surface area contributed by atoms with Gasteiger partial charge in [0.15, 0.2) is 23.3 Å². The minimum absolute atomic E-state index is 2.80. The predicted molar refractivity (Wildman–Crippen MR) is 95.4 cm³/mol. The van der Waals surface area contributed by atoms with E-state index in [0.29, 0.717) is 0 Å². The summed E-state index contributed by atoms with van der Waals surface area (Å²) in [6.45, 7) is 0. The van der Waals surface area contributed by atoms with Crippen LogP contribution in [0.4, 0.5) is 83.4 Å². The van der Waals surface area contributed by atoms with E-state index in [-0.39, 0.29) is 0 Å². The lowest BCUT2D eigenvalue weighted by Gasteiger charge is -2.40.